The van der Waals surface area contributed by atoms with Gasteiger partial charge in [0.05, 0.1) is 17.6 Å². The zero-order valence-electron chi connectivity index (χ0n) is 11.0. The third-order valence-corrected chi connectivity index (χ3v) is 2.71. The van der Waals surface area contributed by atoms with Crippen LogP contribution in [0.5, 0.6) is 0 Å². The molecule has 0 amide bonds. The Kier molecular flexibility index (Phi) is 4.47. The van der Waals surface area contributed by atoms with Crippen molar-refractivity contribution in [3.63, 3.8) is 0 Å². The molecule has 2 N–H and O–H groups in total. The highest BCUT2D eigenvalue weighted by atomic mass is 14.9. The van der Waals surface area contributed by atoms with Gasteiger partial charge >= 0.3 is 0 Å². The number of aromatic amines is 1. The van der Waals surface area contributed by atoms with E-state index in [0.29, 0.717) is 6.04 Å². The van der Waals surface area contributed by atoms with Gasteiger partial charge in [0, 0.05) is 18.7 Å². The summed E-state index contributed by atoms with van der Waals surface area (Å²) in [6, 6.07) is 6.43. The third-order valence-electron chi connectivity index (χ3n) is 2.71. The van der Waals surface area contributed by atoms with E-state index < -0.39 is 0 Å². The first-order chi connectivity index (χ1) is 8.75. The maximum absolute atomic E-state index is 4.39. The number of nitrogens with zero attached hydrogens (tertiary/aromatic N) is 2. The number of H-pyrrole nitrogens is 1. The Labute approximate surface area is 108 Å². The van der Waals surface area contributed by atoms with E-state index in [2.05, 4.69) is 34.1 Å². The molecular formula is C14H20N4. The quantitative estimate of drug-likeness (QED) is 0.767. The van der Waals surface area contributed by atoms with Crippen LogP contribution in [0.3, 0.4) is 0 Å². The lowest BCUT2D eigenvalue weighted by molar-refractivity contribution is 0.567. The van der Waals surface area contributed by atoms with Crippen molar-refractivity contribution in [2.24, 2.45) is 0 Å². The number of hydrogen-bond acceptors (Lipinski definition) is 3. The fraction of sp³-hybridized carbons (Fsp3) is 0.429. The molecule has 4 nitrogen and oxygen atoms in total. The van der Waals surface area contributed by atoms with E-state index in [1.165, 1.54) is 0 Å². The molecule has 0 atom stereocenters. The summed E-state index contributed by atoms with van der Waals surface area (Å²) in [5.41, 5.74) is 1.93. The molecule has 0 saturated carbocycles. The van der Waals surface area contributed by atoms with Gasteiger partial charge in [-0.2, -0.15) is 0 Å². The van der Waals surface area contributed by atoms with Gasteiger partial charge < -0.3 is 10.3 Å². The highest BCUT2D eigenvalue weighted by Crippen LogP contribution is 2.13. The van der Waals surface area contributed by atoms with Crippen LogP contribution in [0.2, 0.25) is 0 Å². The molecule has 0 unspecified atom stereocenters. The van der Waals surface area contributed by atoms with E-state index >= 15 is 0 Å². The van der Waals surface area contributed by atoms with Crippen LogP contribution in [0.25, 0.3) is 11.4 Å². The monoisotopic (exact) mass is 244 g/mol. The number of nitrogens with one attached hydrogen (secondary N) is 2. The summed E-state index contributed by atoms with van der Waals surface area (Å²) in [6.07, 6.45) is 5.70. The average molecular weight is 244 g/mol. The van der Waals surface area contributed by atoms with Crippen LogP contribution >= 0.6 is 0 Å². The van der Waals surface area contributed by atoms with Crippen LogP contribution < -0.4 is 5.32 Å². The fourth-order valence-electron chi connectivity index (χ4n) is 1.79. The van der Waals surface area contributed by atoms with E-state index in [1.54, 1.807) is 6.20 Å². The molecule has 0 aliphatic carbocycles. The normalized spacial score (nSPS) is 11.1. The lowest BCUT2D eigenvalue weighted by Gasteiger charge is -2.06. The Bertz CT molecular complexity index is 462. The van der Waals surface area contributed by atoms with Gasteiger partial charge in [-0.25, -0.2) is 4.98 Å². The average Bonchev–Trinajstić information content (AvgIpc) is 2.84. The van der Waals surface area contributed by atoms with Gasteiger partial charge in [0.2, 0.25) is 0 Å². The van der Waals surface area contributed by atoms with Gasteiger partial charge in [0.15, 0.2) is 0 Å². The van der Waals surface area contributed by atoms with Crippen LogP contribution in [0.4, 0.5) is 0 Å². The number of rotatable bonds is 6. The third kappa shape index (κ3) is 3.67. The summed E-state index contributed by atoms with van der Waals surface area (Å²) in [4.78, 5) is 12.0. The summed E-state index contributed by atoms with van der Waals surface area (Å²) in [6.45, 7) is 5.34. The highest BCUT2D eigenvalue weighted by Gasteiger charge is 2.03. The SMILES string of the molecule is CC(C)NCCCc1ncc(-c2ccccn2)[nH]1. The number of pyridine rings is 1. The highest BCUT2D eigenvalue weighted by molar-refractivity contribution is 5.52. The van der Waals surface area contributed by atoms with E-state index in [4.69, 9.17) is 0 Å². The van der Waals surface area contributed by atoms with E-state index in [0.717, 1.165) is 36.6 Å². The Morgan fingerprint density at radius 3 is 2.89 bits per heavy atom. The van der Waals surface area contributed by atoms with Gasteiger partial charge in [-0.3, -0.25) is 4.98 Å². The molecule has 2 aromatic rings. The van der Waals surface area contributed by atoms with Crippen LogP contribution in [0, 0.1) is 0 Å². The lowest BCUT2D eigenvalue weighted by Crippen LogP contribution is -2.24. The Morgan fingerprint density at radius 2 is 2.17 bits per heavy atom. The molecule has 4 heteroatoms. The van der Waals surface area contributed by atoms with Crippen molar-refractivity contribution in [2.45, 2.75) is 32.7 Å². The second-order valence-corrected chi connectivity index (χ2v) is 4.67. The first kappa shape index (κ1) is 12.8. The van der Waals surface area contributed by atoms with Crippen molar-refractivity contribution in [3.05, 3.63) is 36.4 Å². The zero-order valence-corrected chi connectivity index (χ0v) is 11.0. The molecule has 0 aliphatic rings. The molecule has 0 saturated heterocycles. The van der Waals surface area contributed by atoms with Gasteiger partial charge in [0.1, 0.15) is 5.82 Å². The molecule has 2 rings (SSSR count). The second kappa shape index (κ2) is 6.31. The molecule has 0 radical (unpaired) electrons. The van der Waals surface area contributed by atoms with Gasteiger partial charge in [-0.05, 0) is 25.1 Å². The molecule has 0 spiro atoms. The van der Waals surface area contributed by atoms with Crippen LogP contribution in [-0.4, -0.2) is 27.5 Å². The minimum Gasteiger partial charge on any atom is -0.341 e. The second-order valence-electron chi connectivity index (χ2n) is 4.67. The maximum atomic E-state index is 4.39. The number of hydrogen-bond donors (Lipinski definition) is 2. The fourth-order valence-corrected chi connectivity index (χ4v) is 1.79. The van der Waals surface area contributed by atoms with E-state index in [9.17, 15) is 0 Å². The van der Waals surface area contributed by atoms with Crippen molar-refractivity contribution < 1.29 is 0 Å². The number of imidazole rings is 1. The van der Waals surface area contributed by atoms with Crippen molar-refractivity contribution in [2.75, 3.05) is 6.54 Å². The number of aromatic nitrogens is 3. The van der Waals surface area contributed by atoms with Crippen LogP contribution in [0.1, 0.15) is 26.1 Å². The van der Waals surface area contributed by atoms with Crippen molar-refractivity contribution in [1.82, 2.24) is 20.3 Å². The molecule has 0 aliphatic heterocycles. The summed E-state index contributed by atoms with van der Waals surface area (Å²) >= 11 is 0. The topological polar surface area (TPSA) is 53.6 Å². The largest absolute Gasteiger partial charge is 0.341 e. The molecule has 2 aromatic heterocycles. The Morgan fingerprint density at radius 1 is 1.28 bits per heavy atom. The van der Waals surface area contributed by atoms with Crippen LogP contribution in [-0.2, 0) is 6.42 Å². The maximum Gasteiger partial charge on any atom is 0.106 e. The summed E-state index contributed by atoms with van der Waals surface area (Å²) in [5.74, 6) is 1.03. The lowest BCUT2D eigenvalue weighted by atomic mass is 10.3. The van der Waals surface area contributed by atoms with Crippen molar-refractivity contribution in [1.29, 1.82) is 0 Å². The predicted octanol–water partition coefficient (Wildman–Crippen LogP) is 2.40. The Hall–Kier alpha value is -1.68. The summed E-state index contributed by atoms with van der Waals surface area (Å²) in [5, 5.41) is 3.40. The predicted molar refractivity (Wildman–Crippen MR) is 73.3 cm³/mol. The van der Waals surface area contributed by atoms with E-state index in [1.807, 2.05) is 24.4 Å². The van der Waals surface area contributed by atoms with Crippen molar-refractivity contribution in [3.8, 4) is 11.4 Å². The van der Waals surface area contributed by atoms with Gasteiger partial charge in [0.25, 0.3) is 0 Å². The van der Waals surface area contributed by atoms with Crippen molar-refractivity contribution >= 4 is 0 Å². The first-order valence-electron chi connectivity index (χ1n) is 6.44. The van der Waals surface area contributed by atoms with Crippen LogP contribution in [0.15, 0.2) is 30.6 Å². The molecule has 2 heterocycles. The molecule has 18 heavy (non-hydrogen) atoms. The molecule has 0 fully saturated rings. The standard InChI is InChI=1S/C14H20N4/c1-11(2)15-9-5-7-14-17-10-13(18-14)12-6-3-4-8-16-12/h3-4,6,8,10-11,15H,5,7,9H2,1-2H3,(H,17,18). The summed E-state index contributed by atoms with van der Waals surface area (Å²) < 4.78 is 0. The summed E-state index contributed by atoms with van der Waals surface area (Å²) in [7, 11) is 0. The van der Waals surface area contributed by atoms with Gasteiger partial charge in [-0.15, -0.1) is 0 Å². The number of aryl methyl sites for hydroxylation is 1. The minimum atomic E-state index is 0.547. The molecule has 0 aromatic carbocycles. The minimum absolute atomic E-state index is 0.547. The zero-order chi connectivity index (χ0) is 12.8. The Balaban J connectivity index is 1.87. The molecule has 0 bridgehead atoms. The first-order valence-corrected chi connectivity index (χ1v) is 6.44. The smallest absolute Gasteiger partial charge is 0.106 e. The molecule has 96 valence electrons. The molecular weight excluding hydrogens is 224 g/mol. The van der Waals surface area contributed by atoms with E-state index in [-0.39, 0.29) is 0 Å². The van der Waals surface area contributed by atoms with Gasteiger partial charge in [-0.1, -0.05) is 19.9 Å².